The Morgan fingerprint density at radius 3 is 2.63 bits per heavy atom. The van der Waals surface area contributed by atoms with Crippen LogP contribution in [0.15, 0.2) is 24.3 Å². The van der Waals surface area contributed by atoms with Crippen molar-refractivity contribution in [2.24, 2.45) is 11.7 Å². The fourth-order valence-electron chi connectivity index (χ4n) is 2.76. The lowest BCUT2D eigenvalue weighted by Gasteiger charge is -2.24. The molecule has 1 saturated carbocycles. The third kappa shape index (κ3) is 4.63. The highest BCUT2D eigenvalue weighted by Crippen LogP contribution is 2.30. The van der Waals surface area contributed by atoms with Crippen molar-refractivity contribution in [1.82, 2.24) is 4.90 Å². The molecule has 2 N–H and O–H groups in total. The van der Waals surface area contributed by atoms with E-state index >= 15 is 0 Å². The van der Waals surface area contributed by atoms with Crippen LogP contribution in [-0.4, -0.2) is 24.5 Å². The van der Waals surface area contributed by atoms with Gasteiger partial charge in [-0.1, -0.05) is 31.2 Å². The molecule has 1 fully saturated rings. The summed E-state index contributed by atoms with van der Waals surface area (Å²) in [6, 6.07) is 8.69. The van der Waals surface area contributed by atoms with E-state index in [2.05, 4.69) is 43.0 Å². The number of hydrogen-bond donors (Lipinski definition) is 1. The van der Waals surface area contributed by atoms with Crippen molar-refractivity contribution < 1.29 is 0 Å². The highest BCUT2D eigenvalue weighted by molar-refractivity contribution is 5.28. The molecule has 0 aliphatic heterocycles. The van der Waals surface area contributed by atoms with E-state index in [4.69, 9.17) is 5.73 Å². The molecule has 2 heteroatoms. The number of hydrogen-bond acceptors (Lipinski definition) is 2. The Bertz CT molecular complexity index is 385. The molecule has 0 bridgehead atoms. The summed E-state index contributed by atoms with van der Waals surface area (Å²) in [4.78, 5) is 2.61. The van der Waals surface area contributed by atoms with Crippen molar-refractivity contribution >= 4 is 0 Å². The van der Waals surface area contributed by atoms with Crippen LogP contribution >= 0.6 is 0 Å². The van der Waals surface area contributed by atoms with E-state index in [1.807, 2.05) is 0 Å². The van der Waals surface area contributed by atoms with Crippen molar-refractivity contribution in [1.29, 1.82) is 0 Å². The predicted molar refractivity (Wildman–Crippen MR) is 82.2 cm³/mol. The summed E-state index contributed by atoms with van der Waals surface area (Å²) in [5, 5.41) is 0. The lowest BCUT2D eigenvalue weighted by atomic mass is 9.99. The quantitative estimate of drug-likeness (QED) is 0.775. The van der Waals surface area contributed by atoms with Gasteiger partial charge in [0.1, 0.15) is 0 Å². The molecule has 106 valence electrons. The number of nitrogens with two attached hydrogens (primary N) is 1. The second-order valence-electron chi connectivity index (χ2n) is 6.00. The van der Waals surface area contributed by atoms with Gasteiger partial charge >= 0.3 is 0 Å². The molecule has 0 aromatic heterocycles. The van der Waals surface area contributed by atoms with E-state index in [1.165, 1.54) is 43.5 Å². The topological polar surface area (TPSA) is 29.3 Å². The smallest absolute Gasteiger partial charge is 0.0309 e. The zero-order chi connectivity index (χ0) is 13.7. The maximum atomic E-state index is 6.36. The summed E-state index contributed by atoms with van der Waals surface area (Å²) in [6.45, 7) is 8.07. The van der Waals surface area contributed by atoms with Gasteiger partial charge in [-0.15, -0.1) is 0 Å². The molecule has 1 unspecified atom stereocenters. The molecule has 1 aliphatic carbocycles. The van der Waals surface area contributed by atoms with Crippen molar-refractivity contribution in [2.45, 2.75) is 45.6 Å². The number of aryl methyl sites for hydroxylation is 1. The summed E-state index contributed by atoms with van der Waals surface area (Å²) < 4.78 is 0. The summed E-state index contributed by atoms with van der Waals surface area (Å²) in [5.41, 5.74) is 8.99. The molecule has 1 aromatic rings. The van der Waals surface area contributed by atoms with Gasteiger partial charge in [0.05, 0.1) is 0 Å². The van der Waals surface area contributed by atoms with E-state index in [9.17, 15) is 0 Å². The first-order chi connectivity index (χ1) is 9.20. The van der Waals surface area contributed by atoms with E-state index < -0.39 is 0 Å². The van der Waals surface area contributed by atoms with Gasteiger partial charge in [-0.05, 0) is 62.7 Å². The van der Waals surface area contributed by atoms with Crippen molar-refractivity contribution in [2.75, 3.05) is 19.6 Å². The first-order valence-corrected chi connectivity index (χ1v) is 7.74. The minimum atomic E-state index is 0.180. The Kier molecular flexibility index (Phi) is 5.41. The Labute approximate surface area is 118 Å². The monoisotopic (exact) mass is 260 g/mol. The maximum Gasteiger partial charge on any atom is 0.0309 e. The third-order valence-electron chi connectivity index (χ3n) is 4.10. The largest absolute Gasteiger partial charge is 0.324 e. The standard InChI is InChI=1S/C17H28N2/c1-3-11-19(13-15-8-9-15)12-10-17(18)16-7-5-4-6-14(16)2/h4-7,15,17H,3,8-13,18H2,1-2H3. The zero-order valence-electron chi connectivity index (χ0n) is 12.4. The SMILES string of the molecule is CCCN(CCC(N)c1ccccc1C)CC1CC1. The third-order valence-corrected chi connectivity index (χ3v) is 4.10. The Morgan fingerprint density at radius 1 is 1.26 bits per heavy atom. The average Bonchev–Trinajstić information content (AvgIpc) is 3.20. The summed E-state index contributed by atoms with van der Waals surface area (Å²) in [5.74, 6) is 0.973. The molecular formula is C17H28N2. The Hall–Kier alpha value is -0.860. The van der Waals surface area contributed by atoms with Gasteiger partial charge < -0.3 is 10.6 Å². The molecule has 2 rings (SSSR count). The van der Waals surface area contributed by atoms with Gasteiger partial charge in [0.15, 0.2) is 0 Å². The summed E-state index contributed by atoms with van der Waals surface area (Å²) in [6.07, 6.45) is 5.18. The first-order valence-electron chi connectivity index (χ1n) is 7.74. The minimum Gasteiger partial charge on any atom is -0.324 e. The molecule has 1 aliphatic rings. The molecular weight excluding hydrogens is 232 g/mol. The number of nitrogens with zero attached hydrogens (tertiary/aromatic N) is 1. The van der Waals surface area contributed by atoms with Crippen LogP contribution in [0.1, 0.15) is 49.8 Å². The van der Waals surface area contributed by atoms with Gasteiger partial charge in [-0.25, -0.2) is 0 Å². The average molecular weight is 260 g/mol. The zero-order valence-corrected chi connectivity index (χ0v) is 12.4. The van der Waals surface area contributed by atoms with Crippen LogP contribution < -0.4 is 5.73 Å². The van der Waals surface area contributed by atoms with E-state index in [-0.39, 0.29) is 6.04 Å². The van der Waals surface area contributed by atoms with Crippen LogP contribution in [0.5, 0.6) is 0 Å². The lowest BCUT2D eigenvalue weighted by molar-refractivity contribution is 0.253. The Balaban J connectivity index is 1.83. The molecule has 1 aromatic carbocycles. The fourth-order valence-corrected chi connectivity index (χ4v) is 2.76. The van der Waals surface area contributed by atoms with Gasteiger partial charge in [0.2, 0.25) is 0 Å². The molecule has 2 nitrogen and oxygen atoms in total. The number of rotatable bonds is 8. The normalized spacial score (nSPS) is 16.8. The molecule has 19 heavy (non-hydrogen) atoms. The van der Waals surface area contributed by atoms with Crippen LogP contribution in [0.25, 0.3) is 0 Å². The molecule has 1 atom stereocenters. The summed E-state index contributed by atoms with van der Waals surface area (Å²) >= 11 is 0. The van der Waals surface area contributed by atoms with Crippen LogP contribution in [0.2, 0.25) is 0 Å². The summed E-state index contributed by atoms with van der Waals surface area (Å²) in [7, 11) is 0. The van der Waals surface area contributed by atoms with Gasteiger partial charge in [0.25, 0.3) is 0 Å². The van der Waals surface area contributed by atoms with Crippen molar-refractivity contribution in [3.05, 3.63) is 35.4 Å². The van der Waals surface area contributed by atoms with Crippen molar-refractivity contribution in [3.63, 3.8) is 0 Å². The van der Waals surface area contributed by atoms with Crippen molar-refractivity contribution in [3.8, 4) is 0 Å². The minimum absolute atomic E-state index is 0.180. The highest BCUT2D eigenvalue weighted by atomic mass is 15.1. The van der Waals surface area contributed by atoms with E-state index in [1.54, 1.807) is 0 Å². The van der Waals surface area contributed by atoms with E-state index in [0.717, 1.165) is 18.9 Å². The maximum absolute atomic E-state index is 6.36. The highest BCUT2D eigenvalue weighted by Gasteiger charge is 2.24. The molecule has 0 saturated heterocycles. The molecule has 0 spiro atoms. The molecule has 0 radical (unpaired) electrons. The predicted octanol–water partition coefficient (Wildman–Crippen LogP) is 3.51. The van der Waals surface area contributed by atoms with Crippen LogP contribution in [0, 0.1) is 12.8 Å². The van der Waals surface area contributed by atoms with E-state index in [0.29, 0.717) is 0 Å². The van der Waals surface area contributed by atoms with Crippen LogP contribution in [-0.2, 0) is 0 Å². The van der Waals surface area contributed by atoms with Gasteiger partial charge in [-0.2, -0.15) is 0 Å². The van der Waals surface area contributed by atoms with Crippen LogP contribution in [0.4, 0.5) is 0 Å². The second kappa shape index (κ2) is 7.06. The Morgan fingerprint density at radius 2 is 2.00 bits per heavy atom. The second-order valence-corrected chi connectivity index (χ2v) is 6.00. The van der Waals surface area contributed by atoms with Crippen LogP contribution in [0.3, 0.4) is 0 Å². The molecule has 0 amide bonds. The molecule has 0 heterocycles. The fraction of sp³-hybridized carbons (Fsp3) is 0.647. The number of benzene rings is 1. The van der Waals surface area contributed by atoms with Gasteiger partial charge in [-0.3, -0.25) is 0 Å². The first kappa shape index (κ1) is 14.5. The van der Waals surface area contributed by atoms with Gasteiger partial charge in [0, 0.05) is 12.6 Å². The lowest BCUT2D eigenvalue weighted by Crippen LogP contribution is -2.30.